The van der Waals surface area contributed by atoms with E-state index in [1.165, 1.54) is 17.0 Å². The number of benzene rings is 2. The molecule has 1 aliphatic heterocycles. The summed E-state index contributed by atoms with van der Waals surface area (Å²) in [6.07, 6.45) is 1.38. The molecule has 1 aliphatic rings. The molecule has 4 rings (SSSR count). The van der Waals surface area contributed by atoms with Crippen LogP contribution in [0.3, 0.4) is 0 Å². The molecule has 2 heterocycles. The van der Waals surface area contributed by atoms with Crippen LogP contribution >= 0.6 is 0 Å². The van der Waals surface area contributed by atoms with Crippen LogP contribution in [0.2, 0.25) is 0 Å². The molecule has 2 amide bonds. The molecule has 0 aliphatic carbocycles. The van der Waals surface area contributed by atoms with Gasteiger partial charge in [0.2, 0.25) is 5.91 Å². The van der Waals surface area contributed by atoms with E-state index in [0.29, 0.717) is 48.2 Å². The van der Waals surface area contributed by atoms with Crippen LogP contribution in [0.15, 0.2) is 53.6 Å². The monoisotopic (exact) mass is 408 g/mol. The standard InChI is InChI=1S/C22H21FN4O3/c1-15-6-7-16(12-18(15)23)21(29)26-10-8-25(9-11-26)20(28)13-27-14-24-19-5-3-2-4-17(19)22(27)30/h2-7,12,14H,8-11,13H2,1H3. The molecule has 0 radical (unpaired) electrons. The van der Waals surface area contributed by atoms with Gasteiger partial charge < -0.3 is 9.80 Å². The number of hydrogen-bond donors (Lipinski definition) is 0. The van der Waals surface area contributed by atoms with Crippen LogP contribution in [0.5, 0.6) is 0 Å². The molecule has 7 nitrogen and oxygen atoms in total. The summed E-state index contributed by atoms with van der Waals surface area (Å²) in [5.74, 6) is -0.872. The van der Waals surface area contributed by atoms with Gasteiger partial charge in [0.25, 0.3) is 11.5 Å². The van der Waals surface area contributed by atoms with Gasteiger partial charge in [-0.15, -0.1) is 0 Å². The van der Waals surface area contributed by atoms with Crippen molar-refractivity contribution in [1.82, 2.24) is 19.4 Å². The van der Waals surface area contributed by atoms with Gasteiger partial charge in [0.05, 0.1) is 17.2 Å². The zero-order valence-corrected chi connectivity index (χ0v) is 16.5. The van der Waals surface area contributed by atoms with E-state index in [0.717, 1.165) is 0 Å². The minimum Gasteiger partial charge on any atom is -0.338 e. The first kappa shape index (κ1) is 19.8. The minimum atomic E-state index is -0.413. The SMILES string of the molecule is Cc1ccc(C(=O)N2CCN(C(=O)Cn3cnc4ccccc4c3=O)CC2)cc1F. The molecule has 154 valence electrons. The van der Waals surface area contributed by atoms with Gasteiger partial charge in [-0.25, -0.2) is 9.37 Å². The number of halogens is 1. The highest BCUT2D eigenvalue weighted by molar-refractivity contribution is 5.94. The summed E-state index contributed by atoms with van der Waals surface area (Å²) in [6, 6.07) is 11.4. The van der Waals surface area contributed by atoms with Gasteiger partial charge in [0.1, 0.15) is 12.4 Å². The maximum atomic E-state index is 13.8. The lowest BCUT2D eigenvalue weighted by Gasteiger charge is -2.35. The second kappa shape index (κ2) is 8.06. The Hall–Kier alpha value is -3.55. The van der Waals surface area contributed by atoms with Gasteiger partial charge in [-0.05, 0) is 36.8 Å². The highest BCUT2D eigenvalue weighted by atomic mass is 19.1. The number of para-hydroxylation sites is 1. The predicted molar refractivity (Wildman–Crippen MR) is 110 cm³/mol. The highest BCUT2D eigenvalue weighted by Crippen LogP contribution is 2.13. The molecule has 8 heteroatoms. The van der Waals surface area contributed by atoms with Crippen LogP contribution in [-0.2, 0) is 11.3 Å². The van der Waals surface area contributed by atoms with Crippen molar-refractivity contribution in [3.63, 3.8) is 0 Å². The molecule has 0 saturated carbocycles. The van der Waals surface area contributed by atoms with Gasteiger partial charge in [0.15, 0.2) is 0 Å². The maximum absolute atomic E-state index is 13.8. The fourth-order valence-electron chi connectivity index (χ4n) is 3.53. The van der Waals surface area contributed by atoms with E-state index in [4.69, 9.17) is 0 Å². The Labute approximate surface area is 172 Å². The molecular weight excluding hydrogens is 387 g/mol. The smallest absolute Gasteiger partial charge is 0.261 e. The number of fused-ring (bicyclic) bond motifs is 1. The number of carbonyl (C=O) groups excluding carboxylic acids is 2. The minimum absolute atomic E-state index is 0.103. The average molecular weight is 408 g/mol. The number of amides is 2. The van der Waals surface area contributed by atoms with Crippen LogP contribution in [-0.4, -0.2) is 57.3 Å². The summed E-state index contributed by atoms with van der Waals surface area (Å²) < 4.78 is 15.1. The fourth-order valence-corrected chi connectivity index (χ4v) is 3.53. The molecule has 0 bridgehead atoms. The van der Waals surface area contributed by atoms with Crippen LogP contribution in [0.4, 0.5) is 4.39 Å². The highest BCUT2D eigenvalue weighted by Gasteiger charge is 2.25. The first-order valence-corrected chi connectivity index (χ1v) is 9.71. The molecule has 0 N–H and O–H groups in total. The van der Waals surface area contributed by atoms with E-state index < -0.39 is 5.82 Å². The van der Waals surface area contributed by atoms with Crippen molar-refractivity contribution < 1.29 is 14.0 Å². The zero-order chi connectivity index (χ0) is 21.3. The van der Waals surface area contributed by atoms with Gasteiger partial charge in [-0.2, -0.15) is 0 Å². The Kier molecular flexibility index (Phi) is 5.31. The number of aromatic nitrogens is 2. The van der Waals surface area contributed by atoms with E-state index in [9.17, 15) is 18.8 Å². The van der Waals surface area contributed by atoms with E-state index in [1.807, 2.05) is 0 Å². The molecular formula is C22H21FN4O3. The summed E-state index contributed by atoms with van der Waals surface area (Å²) in [7, 11) is 0. The van der Waals surface area contributed by atoms with E-state index >= 15 is 0 Å². The average Bonchev–Trinajstić information content (AvgIpc) is 2.77. The lowest BCUT2D eigenvalue weighted by Crippen LogP contribution is -2.51. The molecule has 0 spiro atoms. The van der Waals surface area contributed by atoms with Crippen LogP contribution < -0.4 is 5.56 Å². The van der Waals surface area contributed by atoms with Crippen molar-refractivity contribution in [3.05, 3.63) is 76.1 Å². The number of aryl methyl sites for hydroxylation is 1. The lowest BCUT2D eigenvalue weighted by molar-refractivity contribution is -0.133. The summed E-state index contributed by atoms with van der Waals surface area (Å²) in [6.45, 7) is 2.96. The van der Waals surface area contributed by atoms with Crippen molar-refractivity contribution in [2.75, 3.05) is 26.2 Å². The summed E-state index contributed by atoms with van der Waals surface area (Å²) in [4.78, 5) is 45.3. The van der Waals surface area contributed by atoms with Crippen molar-refractivity contribution in [2.45, 2.75) is 13.5 Å². The van der Waals surface area contributed by atoms with Crippen molar-refractivity contribution in [1.29, 1.82) is 0 Å². The Morgan fingerprint density at radius 1 is 1.03 bits per heavy atom. The van der Waals surface area contributed by atoms with Crippen molar-refractivity contribution in [2.24, 2.45) is 0 Å². The first-order valence-electron chi connectivity index (χ1n) is 9.71. The van der Waals surface area contributed by atoms with Crippen LogP contribution in [0.25, 0.3) is 10.9 Å². The van der Waals surface area contributed by atoms with Gasteiger partial charge >= 0.3 is 0 Å². The topological polar surface area (TPSA) is 75.5 Å². The van der Waals surface area contributed by atoms with E-state index in [-0.39, 0.29) is 23.9 Å². The lowest BCUT2D eigenvalue weighted by atomic mass is 10.1. The van der Waals surface area contributed by atoms with Gasteiger partial charge in [-0.3, -0.25) is 19.0 Å². The largest absolute Gasteiger partial charge is 0.338 e. The zero-order valence-electron chi connectivity index (χ0n) is 16.5. The second-order valence-corrected chi connectivity index (χ2v) is 7.33. The third-order valence-electron chi connectivity index (χ3n) is 5.38. The Morgan fingerprint density at radius 3 is 2.47 bits per heavy atom. The second-order valence-electron chi connectivity index (χ2n) is 7.33. The van der Waals surface area contributed by atoms with E-state index in [2.05, 4.69) is 4.98 Å². The third-order valence-corrected chi connectivity index (χ3v) is 5.38. The molecule has 30 heavy (non-hydrogen) atoms. The molecule has 0 atom stereocenters. The number of hydrogen-bond acceptors (Lipinski definition) is 4. The molecule has 2 aromatic carbocycles. The summed E-state index contributed by atoms with van der Waals surface area (Å²) >= 11 is 0. The van der Waals surface area contributed by atoms with Gasteiger partial charge in [0, 0.05) is 31.7 Å². The third kappa shape index (κ3) is 3.80. The number of rotatable bonds is 3. The molecule has 1 fully saturated rings. The quantitative estimate of drug-likeness (QED) is 0.663. The van der Waals surface area contributed by atoms with Crippen molar-refractivity contribution in [3.8, 4) is 0 Å². The molecule has 1 aromatic heterocycles. The number of piperazine rings is 1. The Balaban J connectivity index is 1.40. The maximum Gasteiger partial charge on any atom is 0.261 e. The van der Waals surface area contributed by atoms with Crippen LogP contribution in [0.1, 0.15) is 15.9 Å². The summed E-state index contributed by atoms with van der Waals surface area (Å²) in [5.41, 5.74) is 1.11. The molecule has 0 unspecified atom stereocenters. The van der Waals surface area contributed by atoms with E-state index in [1.54, 1.807) is 53.1 Å². The molecule has 3 aromatic rings. The molecule has 1 saturated heterocycles. The number of carbonyl (C=O) groups is 2. The van der Waals surface area contributed by atoms with Crippen LogP contribution in [0, 0.1) is 12.7 Å². The summed E-state index contributed by atoms with van der Waals surface area (Å²) in [5, 5.41) is 0.466. The first-order chi connectivity index (χ1) is 14.4. The fraction of sp³-hybridized carbons (Fsp3) is 0.273. The van der Waals surface area contributed by atoms with Gasteiger partial charge in [-0.1, -0.05) is 18.2 Å². The predicted octanol–water partition coefficient (Wildman–Crippen LogP) is 1.83. The van der Waals surface area contributed by atoms with Crippen molar-refractivity contribution >= 4 is 22.7 Å². The Morgan fingerprint density at radius 2 is 1.73 bits per heavy atom. The Bertz CT molecular complexity index is 1180. The number of nitrogens with zero attached hydrogens (tertiary/aromatic N) is 4. The normalized spacial score (nSPS) is 14.2.